The third-order valence-corrected chi connectivity index (χ3v) is 2.95. The Morgan fingerprint density at radius 1 is 1.06 bits per heavy atom. The van der Waals surface area contributed by atoms with Crippen LogP contribution in [0.15, 0.2) is 48.7 Å². The van der Waals surface area contributed by atoms with Crippen LogP contribution in [-0.2, 0) is 0 Å². The molecule has 2 heterocycles. The van der Waals surface area contributed by atoms with Crippen LogP contribution in [0.2, 0.25) is 5.15 Å². The molecule has 0 bridgehead atoms. The zero-order valence-electron chi connectivity index (χ0n) is 8.77. The lowest BCUT2D eigenvalue weighted by atomic mass is 10.2. The smallest absolute Gasteiger partial charge is 0.141 e. The molecule has 0 fully saturated rings. The number of nitrogens with zero attached hydrogens (tertiary/aromatic N) is 2. The summed E-state index contributed by atoms with van der Waals surface area (Å²) in [7, 11) is 0. The number of hydrogen-bond acceptors (Lipinski definition) is 1. The van der Waals surface area contributed by atoms with Crippen molar-refractivity contribution in [3.05, 3.63) is 59.6 Å². The number of aromatic nitrogens is 2. The predicted octanol–water partition coefficient (Wildman–Crippen LogP) is 3.79. The van der Waals surface area contributed by atoms with Gasteiger partial charge in [0.15, 0.2) is 0 Å². The average molecular weight is 247 g/mol. The Labute approximate surface area is 102 Å². The van der Waals surface area contributed by atoms with Crippen molar-refractivity contribution in [2.75, 3.05) is 0 Å². The molecule has 3 rings (SSSR count). The second-order valence-electron chi connectivity index (χ2n) is 3.69. The number of pyridine rings is 1. The first-order valence-electron chi connectivity index (χ1n) is 5.14. The van der Waals surface area contributed by atoms with Crippen molar-refractivity contribution in [3.63, 3.8) is 0 Å². The molecule has 0 atom stereocenters. The summed E-state index contributed by atoms with van der Waals surface area (Å²) < 4.78 is 14.6. The Balaban J connectivity index is 2.24. The Hall–Kier alpha value is -1.87. The topological polar surface area (TPSA) is 17.3 Å². The molecule has 1 aromatic carbocycles. The zero-order valence-corrected chi connectivity index (χ0v) is 9.53. The molecule has 0 saturated carbocycles. The molecular weight excluding hydrogens is 239 g/mol. The number of imidazole rings is 1. The molecule has 0 aliphatic heterocycles. The minimum Gasteiger partial charge on any atom is -0.290 e. The van der Waals surface area contributed by atoms with Gasteiger partial charge in [-0.2, -0.15) is 0 Å². The second-order valence-corrected chi connectivity index (χ2v) is 4.04. The fraction of sp³-hybridized carbons (Fsp3) is 0. The van der Waals surface area contributed by atoms with E-state index in [-0.39, 0.29) is 5.82 Å². The van der Waals surface area contributed by atoms with Gasteiger partial charge in [-0.3, -0.25) is 4.40 Å². The average Bonchev–Trinajstić information content (AvgIpc) is 2.69. The highest BCUT2D eigenvalue weighted by molar-refractivity contribution is 6.32. The molecule has 0 N–H and O–H groups in total. The molecule has 4 heteroatoms. The van der Waals surface area contributed by atoms with Crippen LogP contribution < -0.4 is 0 Å². The Morgan fingerprint density at radius 3 is 2.53 bits per heavy atom. The predicted molar refractivity (Wildman–Crippen MR) is 65.6 cm³/mol. The molecule has 2 aromatic heterocycles. The van der Waals surface area contributed by atoms with Gasteiger partial charge in [0.1, 0.15) is 22.3 Å². The number of benzene rings is 1. The Bertz CT molecular complexity index is 673. The fourth-order valence-corrected chi connectivity index (χ4v) is 2.05. The number of hydrogen-bond donors (Lipinski definition) is 0. The molecular formula is C13H8ClFN2. The van der Waals surface area contributed by atoms with Gasteiger partial charge in [-0.25, -0.2) is 9.37 Å². The third kappa shape index (κ3) is 1.68. The van der Waals surface area contributed by atoms with E-state index in [1.165, 1.54) is 12.1 Å². The molecule has 0 aliphatic rings. The van der Waals surface area contributed by atoms with E-state index in [0.717, 1.165) is 11.2 Å². The van der Waals surface area contributed by atoms with Gasteiger partial charge in [0.05, 0.1) is 0 Å². The molecule has 0 aliphatic carbocycles. The van der Waals surface area contributed by atoms with Crippen LogP contribution in [0.1, 0.15) is 0 Å². The first-order valence-corrected chi connectivity index (χ1v) is 5.52. The molecule has 0 saturated heterocycles. The van der Waals surface area contributed by atoms with Gasteiger partial charge in [0, 0.05) is 11.8 Å². The summed E-state index contributed by atoms with van der Waals surface area (Å²) in [5, 5.41) is 0.534. The summed E-state index contributed by atoms with van der Waals surface area (Å²) >= 11 is 6.24. The number of fused-ring (bicyclic) bond motifs is 1. The van der Waals surface area contributed by atoms with Crippen molar-refractivity contribution in [2.24, 2.45) is 0 Å². The summed E-state index contributed by atoms with van der Waals surface area (Å²) in [4.78, 5) is 4.42. The van der Waals surface area contributed by atoms with E-state index in [4.69, 9.17) is 11.6 Å². The lowest BCUT2D eigenvalue weighted by molar-refractivity contribution is 0.628. The van der Waals surface area contributed by atoms with Crippen molar-refractivity contribution in [1.82, 2.24) is 9.38 Å². The Morgan fingerprint density at radius 2 is 1.82 bits per heavy atom. The molecule has 0 radical (unpaired) electrons. The van der Waals surface area contributed by atoms with Gasteiger partial charge in [0.25, 0.3) is 0 Å². The minimum atomic E-state index is -0.270. The highest BCUT2D eigenvalue weighted by Gasteiger charge is 2.11. The molecule has 0 spiro atoms. The lowest BCUT2D eigenvalue weighted by Crippen LogP contribution is -1.81. The van der Waals surface area contributed by atoms with Crippen LogP contribution in [0.4, 0.5) is 4.39 Å². The SMILES string of the molecule is Fc1ccc(-c2nc3ccccn3c2Cl)cc1. The van der Waals surface area contributed by atoms with Crippen molar-refractivity contribution in [2.45, 2.75) is 0 Å². The Kier molecular flexibility index (Phi) is 2.34. The standard InChI is InChI=1S/C13H8ClFN2/c14-13-12(9-4-6-10(15)7-5-9)16-11-3-1-2-8-17(11)13/h1-8H. The van der Waals surface area contributed by atoms with Gasteiger partial charge in [-0.15, -0.1) is 0 Å². The maximum absolute atomic E-state index is 12.8. The van der Waals surface area contributed by atoms with Crippen molar-refractivity contribution in [1.29, 1.82) is 0 Å². The van der Waals surface area contributed by atoms with Gasteiger partial charge in [-0.05, 0) is 36.4 Å². The van der Waals surface area contributed by atoms with E-state index < -0.39 is 0 Å². The maximum Gasteiger partial charge on any atom is 0.141 e. The van der Waals surface area contributed by atoms with Gasteiger partial charge >= 0.3 is 0 Å². The second kappa shape index (κ2) is 3.86. The molecule has 2 nitrogen and oxygen atoms in total. The van der Waals surface area contributed by atoms with Crippen LogP contribution in [0.3, 0.4) is 0 Å². The fourth-order valence-electron chi connectivity index (χ4n) is 1.76. The van der Waals surface area contributed by atoms with E-state index in [1.54, 1.807) is 16.5 Å². The molecule has 0 amide bonds. The lowest BCUT2D eigenvalue weighted by Gasteiger charge is -1.97. The van der Waals surface area contributed by atoms with Crippen molar-refractivity contribution >= 4 is 17.2 Å². The normalized spacial score (nSPS) is 10.9. The molecule has 17 heavy (non-hydrogen) atoms. The summed E-state index contributed by atoms with van der Waals surface area (Å²) in [6.45, 7) is 0. The third-order valence-electron chi connectivity index (χ3n) is 2.59. The zero-order chi connectivity index (χ0) is 11.8. The summed E-state index contributed by atoms with van der Waals surface area (Å²) in [6, 6.07) is 11.8. The molecule has 0 unspecified atom stereocenters. The van der Waals surface area contributed by atoms with E-state index in [9.17, 15) is 4.39 Å². The van der Waals surface area contributed by atoms with Gasteiger partial charge in [-0.1, -0.05) is 17.7 Å². The summed E-state index contributed by atoms with van der Waals surface area (Å²) in [5.41, 5.74) is 2.25. The van der Waals surface area contributed by atoms with E-state index >= 15 is 0 Å². The maximum atomic E-state index is 12.8. The largest absolute Gasteiger partial charge is 0.290 e. The first kappa shape index (κ1) is 10.3. The van der Waals surface area contributed by atoms with Gasteiger partial charge in [0.2, 0.25) is 0 Å². The van der Waals surface area contributed by atoms with E-state index in [2.05, 4.69) is 4.98 Å². The van der Waals surface area contributed by atoms with Crippen LogP contribution in [-0.4, -0.2) is 9.38 Å². The number of halogens is 2. The van der Waals surface area contributed by atoms with Crippen LogP contribution in [0.5, 0.6) is 0 Å². The van der Waals surface area contributed by atoms with Crippen LogP contribution >= 0.6 is 11.6 Å². The van der Waals surface area contributed by atoms with Crippen molar-refractivity contribution in [3.8, 4) is 11.3 Å². The molecule has 3 aromatic rings. The summed E-state index contributed by atoms with van der Waals surface area (Å²) in [6.07, 6.45) is 1.84. The van der Waals surface area contributed by atoms with Crippen molar-refractivity contribution < 1.29 is 4.39 Å². The monoisotopic (exact) mass is 246 g/mol. The summed E-state index contributed by atoms with van der Waals surface area (Å²) in [5.74, 6) is -0.270. The van der Waals surface area contributed by atoms with E-state index in [1.807, 2.05) is 24.4 Å². The van der Waals surface area contributed by atoms with E-state index in [0.29, 0.717) is 10.8 Å². The highest BCUT2D eigenvalue weighted by Crippen LogP contribution is 2.28. The van der Waals surface area contributed by atoms with Crippen LogP contribution in [0.25, 0.3) is 16.9 Å². The molecule has 84 valence electrons. The van der Waals surface area contributed by atoms with Crippen LogP contribution in [0, 0.1) is 5.82 Å². The first-order chi connectivity index (χ1) is 8.25. The number of rotatable bonds is 1. The van der Waals surface area contributed by atoms with Gasteiger partial charge < -0.3 is 0 Å². The highest BCUT2D eigenvalue weighted by atomic mass is 35.5. The quantitative estimate of drug-likeness (QED) is 0.639. The minimum absolute atomic E-state index is 0.270.